The largest absolute Gasteiger partial charge is 0.508 e. The molecule has 3 aromatic heterocycles. The number of imidazole rings is 1. The number of carboxylic acids is 2. The maximum Gasteiger partial charge on any atom is 0.323 e. The molecule has 0 unspecified atom stereocenters. The van der Waals surface area contributed by atoms with Gasteiger partial charge in [-0.05, 0) is 105 Å². The second kappa shape index (κ2) is 47.5. The number of phenolic OH excluding ortho intramolecular Hbond substituents is 1. The third kappa shape index (κ3) is 27.0. The van der Waals surface area contributed by atoms with E-state index in [1.54, 1.807) is 68.6 Å². The monoisotopic (exact) mass is 1860 g/mol. The van der Waals surface area contributed by atoms with Crippen molar-refractivity contribution in [3.8, 4) is 5.75 Å². The van der Waals surface area contributed by atoms with E-state index in [0.717, 1.165) is 14.7 Å². The first-order valence-electron chi connectivity index (χ1n) is 45.3. The molecule has 4 saturated heterocycles. The van der Waals surface area contributed by atoms with Crippen molar-refractivity contribution in [2.45, 2.75) is 254 Å². The Kier molecular flexibility index (Phi) is 36.2. The Morgan fingerprint density at radius 2 is 1.08 bits per heavy atom. The number of aliphatic hydroxyl groups is 1. The van der Waals surface area contributed by atoms with Crippen molar-refractivity contribution in [2.75, 3.05) is 46.8 Å². The maximum absolute atomic E-state index is 15.8. The first-order chi connectivity index (χ1) is 63.8. The van der Waals surface area contributed by atoms with Crippen LogP contribution in [0.2, 0.25) is 0 Å². The summed E-state index contributed by atoms with van der Waals surface area (Å²) in [5.41, 5.74) is 14.1. The number of hydrogen-bond acceptors (Lipinski definition) is 22. The number of likely N-dealkylation sites (N-methyl/N-ethyl adjacent to an activating group) is 2. The summed E-state index contributed by atoms with van der Waals surface area (Å²) in [6.45, 7) is 5.96. The number of rotatable bonds is 23. The molecule has 20 N–H and O–H groups in total. The number of phenols is 1. The number of aliphatic hydroxyl groups excluding tert-OH is 1. The first-order valence-corrected chi connectivity index (χ1v) is 45.3. The van der Waals surface area contributed by atoms with Crippen LogP contribution in [-0.2, 0) is 119 Å². The number of carbonyl (C=O) groups is 18. The van der Waals surface area contributed by atoms with Crippen LogP contribution in [0.4, 0.5) is 0 Å². The number of amides is 16. The quantitative estimate of drug-likeness (QED) is 0.0335. The molecule has 16 amide bonds. The molecular formula is C91H123N21O22. The van der Waals surface area contributed by atoms with Crippen LogP contribution in [0.3, 0.4) is 0 Å². The third-order valence-electron chi connectivity index (χ3n) is 24.6. The van der Waals surface area contributed by atoms with Crippen LogP contribution in [0.1, 0.15) is 153 Å². The average molecular weight is 1860 g/mol. The molecule has 134 heavy (non-hydrogen) atoms. The number of hydrogen-bond donors (Lipinski definition) is 18. The number of benzene rings is 3. The Balaban J connectivity index is 1.01. The number of piperidine rings is 1. The summed E-state index contributed by atoms with van der Waals surface area (Å²) in [5.74, 6) is -18.8. The van der Waals surface area contributed by atoms with E-state index in [1.165, 1.54) is 78.4 Å². The highest BCUT2D eigenvalue weighted by Crippen LogP contribution is 2.30. The number of nitrogens with one attached hydrogen (secondary N) is 12. The molecular weight excluding hydrogens is 1740 g/mol. The minimum atomic E-state index is -2.07. The molecule has 4 aliphatic rings. The Morgan fingerprint density at radius 3 is 1.72 bits per heavy atom. The number of nitrogens with zero attached hydrogens (tertiary/aromatic N) is 7. The van der Waals surface area contributed by atoms with E-state index in [9.17, 15) is 68.4 Å². The van der Waals surface area contributed by atoms with Gasteiger partial charge in [-0.1, -0.05) is 102 Å². The molecule has 4 aliphatic heterocycles. The number of aromatic nitrogens is 4. The summed E-state index contributed by atoms with van der Waals surface area (Å²) in [5, 5.41) is 69.8. The normalized spacial score (nSPS) is 25.4. The van der Waals surface area contributed by atoms with Gasteiger partial charge in [0, 0.05) is 113 Å². The molecule has 0 bridgehead atoms. The standard InChI is InChI=1S/C91H123N21O22/c1-8-10-22-69-83(126)100-60(33-49(3)4)81(124)106-67(78(93)121)43-94-44-75(116)99-63(34-51-27-29-55(113)30-28-51)88(131)110-31-17-16-25-70(110)85(128)105-65(39-74(92)115)89(132)111-32-18-26-71(111)84(127)102-62(37-54-42-95-48-97-54)82(125)104-66(40-76(117)118)90(133)112-46-56(114)38-73(112)86(129)101-61(35-52-41-96-59-21-14-12-19-57(52)59)80(123)98-50(5)79(122)103-64(87(130)108(7)72(23-11-9-2)91(134)107(69)6)36-53-45-109(47-77(119)120)68-24-15-13-20-58(53)68/h12-15,19-21,24,27-30,41-42,45,48-50,56,60-67,69-73,94,96,113-114H,8-11,16-18,22-23,25-26,31-40,43-44,46-47H2,1-7H3,(H2,92,115)(H2,93,121)(H,95,97)(H,98,123)(H,99,116)(H,100,126)(H,101,129)(H,102,127)(H,103,122)(H,104,125)(H,105,128)(H,106,124)(H,117,118)(H,119,120)/t50-,56+,60-,61-,62-,63-,64-,65-,66-,67-,69-,70-,71-,72-,73-/m0/s1. The summed E-state index contributed by atoms with van der Waals surface area (Å²) in [6, 6.07) is -2.93. The molecule has 0 spiro atoms. The third-order valence-corrected chi connectivity index (χ3v) is 24.6. The van der Waals surface area contributed by atoms with Crippen molar-refractivity contribution in [1.29, 1.82) is 0 Å². The van der Waals surface area contributed by atoms with Gasteiger partial charge in [0.25, 0.3) is 0 Å². The Labute approximate surface area is 772 Å². The van der Waals surface area contributed by atoms with Crippen molar-refractivity contribution in [1.82, 2.24) is 97.2 Å². The van der Waals surface area contributed by atoms with Crippen LogP contribution < -0.4 is 64.6 Å². The average Bonchev–Trinajstić information content (AvgIpc) is 1.61. The first kappa shape index (κ1) is 102. The van der Waals surface area contributed by atoms with Crippen molar-refractivity contribution in [3.63, 3.8) is 0 Å². The predicted octanol–water partition coefficient (Wildman–Crippen LogP) is -1.86. The highest BCUT2D eigenvalue weighted by Gasteiger charge is 2.48. The fourth-order valence-corrected chi connectivity index (χ4v) is 17.6. The van der Waals surface area contributed by atoms with Crippen LogP contribution in [0.25, 0.3) is 21.8 Å². The molecule has 43 heteroatoms. The van der Waals surface area contributed by atoms with E-state index in [2.05, 4.69) is 68.1 Å². The minimum absolute atomic E-state index is 0.00751. The van der Waals surface area contributed by atoms with Gasteiger partial charge in [0.15, 0.2) is 0 Å². The number of unbranched alkanes of at least 4 members (excludes halogenated alkanes) is 2. The molecule has 0 saturated carbocycles. The van der Waals surface area contributed by atoms with Crippen molar-refractivity contribution in [3.05, 3.63) is 120 Å². The van der Waals surface area contributed by atoms with Gasteiger partial charge in [-0.25, -0.2) is 4.98 Å². The molecule has 0 radical (unpaired) electrons. The van der Waals surface area contributed by atoms with Crippen molar-refractivity contribution < 1.29 is 107 Å². The fourth-order valence-electron chi connectivity index (χ4n) is 17.6. The van der Waals surface area contributed by atoms with Crippen LogP contribution in [0, 0.1) is 5.92 Å². The van der Waals surface area contributed by atoms with Gasteiger partial charge in [-0.2, -0.15) is 0 Å². The molecule has 15 atom stereocenters. The summed E-state index contributed by atoms with van der Waals surface area (Å²) >= 11 is 0. The number of fused-ring (bicyclic) bond motifs is 5. The summed E-state index contributed by atoms with van der Waals surface area (Å²) < 4.78 is 1.43. The lowest BCUT2D eigenvalue weighted by molar-refractivity contribution is -0.149. The molecule has 724 valence electrons. The zero-order chi connectivity index (χ0) is 97.5. The lowest BCUT2D eigenvalue weighted by Crippen LogP contribution is -2.62. The number of para-hydroxylation sites is 2. The summed E-state index contributed by atoms with van der Waals surface area (Å²) in [6.07, 6.45) is 2.76. The van der Waals surface area contributed by atoms with Crippen molar-refractivity contribution in [2.24, 2.45) is 17.4 Å². The number of aromatic amines is 2. The van der Waals surface area contributed by atoms with Crippen LogP contribution in [0.5, 0.6) is 5.75 Å². The smallest absolute Gasteiger partial charge is 0.323 e. The lowest BCUT2D eigenvalue weighted by atomic mass is 9.97. The molecule has 7 heterocycles. The summed E-state index contributed by atoms with van der Waals surface area (Å²) in [7, 11) is 2.70. The topological polar surface area (TPSA) is 626 Å². The van der Waals surface area contributed by atoms with Gasteiger partial charge in [0.2, 0.25) is 94.5 Å². The second-order valence-corrected chi connectivity index (χ2v) is 35.1. The van der Waals surface area contributed by atoms with Crippen molar-refractivity contribution >= 4 is 128 Å². The van der Waals surface area contributed by atoms with Crippen LogP contribution in [-0.4, -0.2) is 308 Å². The van der Waals surface area contributed by atoms with E-state index >= 15 is 38.4 Å². The Morgan fingerprint density at radius 1 is 0.530 bits per heavy atom. The number of H-pyrrole nitrogens is 2. The Bertz CT molecular complexity index is 5270. The van der Waals surface area contributed by atoms with Crippen LogP contribution >= 0.6 is 0 Å². The van der Waals surface area contributed by atoms with Gasteiger partial charge in [-0.15, -0.1) is 0 Å². The summed E-state index contributed by atoms with van der Waals surface area (Å²) in [4.78, 5) is 278. The number of nitrogens with two attached hydrogens (primary N) is 2. The SMILES string of the molecule is CCCC[C@H]1C(=O)N(C)[C@@H](CCCC)C(=O)N[C@@H](CC(C)C)C(=O)N[C@H](C(N)=O)CNCC(=O)N[C@@H](Cc2ccc(O)cc2)C(=O)N2CCCC[C@H]2C(=O)N[C@@H](CC(N)=O)C(=O)N2CCC[C@H]2C(=O)N[C@@H](Cc2c[nH]cn2)C(=O)N[C@@H](CC(=O)O)C(=O)N2C[C@H](O)C[C@H]2C(=O)N[C@@H](Cc2c[nH]c3ccccc23)C(=O)N[C@@H](C)C(=O)N[C@@H](Cc2cn(CC(=O)O)c3ccccc23)C(=O)N1C. The van der Waals surface area contributed by atoms with Gasteiger partial charge in [0.05, 0.1) is 37.5 Å². The lowest BCUT2D eigenvalue weighted by Gasteiger charge is -2.38. The second-order valence-electron chi connectivity index (χ2n) is 35.1. The molecule has 10 rings (SSSR count). The van der Waals surface area contributed by atoms with E-state index in [0.29, 0.717) is 77.0 Å². The minimum Gasteiger partial charge on any atom is -0.508 e. The molecule has 4 fully saturated rings. The number of aliphatic carboxylic acids is 2. The number of carbonyl (C=O) groups excluding carboxylic acids is 16. The number of carboxylic acid groups (broad SMARTS) is 2. The van der Waals surface area contributed by atoms with Gasteiger partial charge >= 0.3 is 11.9 Å². The van der Waals surface area contributed by atoms with E-state index < -0.39 is 249 Å². The molecule has 3 aromatic carbocycles. The maximum atomic E-state index is 15.8. The highest BCUT2D eigenvalue weighted by molar-refractivity contribution is 6.03. The zero-order valence-corrected chi connectivity index (χ0v) is 76.1. The molecule has 6 aromatic rings. The van der Waals surface area contributed by atoms with Crippen LogP contribution in [0.15, 0.2) is 97.7 Å². The van der Waals surface area contributed by atoms with Gasteiger partial charge in [-0.3, -0.25) is 86.3 Å². The van der Waals surface area contributed by atoms with E-state index in [1.807, 2.05) is 13.8 Å². The number of primary amides is 2. The Hall–Kier alpha value is -13.9. The number of aromatic hydroxyl groups is 1. The van der Waals surface area contributed by atoms with Gasteiger partial charge < -0.3 is 124 Å². The van der Waals surface area contributed by atoms with E-state index in [-0.39, 0.29) is 88.2 Å². The van der Waals surface area contributed by atoms with E-state index in [4.69, 9.17) is 11.5 Å². The fraction of sp³-hybridized carbons (Fsp3) is 0.527. The highest BCUT2D eigenvalue weighted by atomic mass is 16.4. The van der Waals surface area contributed by atoms with Gasteiger partial charge in [0.1, 0.15) is 96.9 Å². The molecule has 0 aliphatic carbocycles. The zero-order valence-electron chi connectivity index (χ0n) is 76.1. The predicted molar refractivity (Wildman–Crippen MR) is 482 cm³/mol. The molecule has 43 nitrogen and oxygen atoms in total.